The van der Waals surface area contributed by atoms with E-state index in [1.54, 1.807) is 17.5 Å². The number of rotatable bonds is 5. The first kappa shape index (κ1) is 22.7. The van der Waals surface area contributed by atoms with Crippen LogP contribution in [0, 0.1) is 5.82 Å². The number of aromatic nitrogens is 1. The summed E-state index contributed by atoms with van der Waals surface area (Å²) in [6.45, 7) is 0. The number of carbonyl (C=O) groups excluding carboxylic acids is 2. The van der Waals surface area contributed by atoms with Gasteiger partial charge in [-0.05, 0) is 47.8 Å². The Morgan fingerprint density at radius 1 is 1.14 bits per heavy atom. The van der Waals surface area contributed by atoms with E-state index >= 15 is 0 Å². The van der Waals surface area contributed by atoms with E-state index in [0.717, 1.165) is 23.5 Å². The van der Waals surface area contributed by atoms with E-state index in [9.17, 15) is 29.0 Å². The molecule has 0 radical (unpaired) electrons. The number of carboxylic acid groups (broad SMARTS) is 1. The number of aliphatic hydroxyl groups excluding tert-OH is 1. The minimum absolute atomic E-state index is 0.0581. The average molecular weight is 511 g/mol. The number of fused-ring (bicyclic) bond motifs is 1. The Balaban J connectivity index is 1.72. The van der Waals surface area contributed by atoms with Gasteiger partial charge < -0.3 is 14.9 Å². The number of Topliss-reactive ketones (excluding diaryl/α,β-unsaturated/α-hetero) is 1. The Morgan fingerprint density at radius 2 is 1.94 bits per heavy atom. The van der Waals surface area contributed by atoms with Crippen molar-refractivity contribution in [3.05, 3.63) is 81.3 Å². The van der Waals surface area contributed by atoms with Crippen LogP contribution in [0.4, 0.5) is 9.52 Å². The zero-order valence-corrected chi connectivity index (χ0v) is 19.5. The third-order valence-corrected chi connectivity index (χ3v) is 7.45. The van der Waals surface area contributed by atoms with Gasteiger partial charge in [0.05, 0.1) is 34.0 Å². The fourth-order valence-electron chi connectivity index (χ4n) is 3.90. The van der Waals surface area contributed by atoms with Crippen LogP contribution in [0.15, 0.2) is 59.5 Å². The molecule has 1 aliphatic rings. The smallest absolute Gasteiger partial charge is 0.335 e. The average Bonchev–Trinajstić information content (AvgIpc) is 3.56. The highest BCUT2D eigenvalue weighted by atomic mass is 32.1. The molecule has 2 aromatic heterocycles. The minimum Gasteiger partial charge on any atom is -0.507 e. The topological polar surface area (TPSA) is 117 Å². The summed E-state index contributed by atoms with van der Waals surface area (Å²) in [4.78, 5) is 44.0. The standard InChI is InChI=1S/C24H15FN2O6S2/c1-33-15-7-5-12(25)10-13(15)20(28)18-19(16-3-2-8-34-16)27(22(30)21(18)29)24-26-14-6-4-11(23(31)32)9-17(14)35-24/h2-10,19,28H,1H3,(H,31,32)/b20-18+. The largest absolute Gasteiger partial charge is 0.507 e. The van der Waals surface area contributed by atoms with Crippen LogP contribution in [0.25, 0.3) is 16.0 Å². The fraction of sp³-hybridized carbons (Fsp3) is 0.0833. The molecule has 0 bridgehead atoms. The van der Waals surface area contributed by atoms with Crippen molar-refractivity contribution in [1.29, 1.82) is 0 Å². The van der Waals surface area contributed by atoms with Gasteiger partial charge in [0, 0.05) is 4.88 Å². The lowest BCUT2D eigenvalue weighted by atomic mass is 9.99. The summed E-state index contributed by atoms with van der Waals surface area (Å²) in [6, 6.07) is 10.3. The van der Waals surface area contributed by atoms with Crippen molar-refractivity contribution in [2.45, 2.75) is 6.04 Å². The van der Waals surface area contributed by atoms with E-state index in [2.05, 4.69) is 4.98 Å². The van der Waals surface area contributed by atoms with E-state index in [-0.39, 0.29) is 27.6 Å². The zero-order valence-electron chi connectivity index (χ0n) is 17.9. The van der Waals surface area contributed by atoms with Gasteiger partial charge in [-0.1, -0.05) is 17.4 Å². The second-order valence-corrected chi connectivity index (χ2v) is 9.50. The number of nitrogens with zero attached hydrogens (tertiary/aromatic N) is 2. The molecular weight excluding hydrogens is 495 g/mol. The number of ketones is 1. The van der Waals surface area contributed by atoms with Crippen LogP contribution in [-0.2, 0) is 9.59 Å². The van der Waals surface area contributed by atoms with Gasteiger partial charge >= 0.3 is 11.9 Å². The third kappa shape index (κ3) is 3.74. The number of aliphatic hydroxyl groups is 1. The van der Waals surface area contributed by atoms with E-state index in [0.29, 0.717) is 15.1 Å². The molecule has 5 rings (SSSR count). The Kier molecular flexibility index (Phi) is 5.58. The van der Waals surface area contributed by atoms with Gasteiger partial charge in [0.1, 0.15) is 23.4 Å². The molecule has 1 unspecified atom stereocenters. The van der Waals surface area contributed by atoms with Crippen molar-refractivity contribution in [2.24, 2.45) is 0 Å². The van der Waals surface area contributed by atoms with Crippen molar-refractivity contribution in [2.75, 3.05) is 12.0 Å². The van der Waals surface area contributed by atoms with Crippen molar-refractivity contribution >= 4 is 61.4 Å². The summed E-state index contributed by atoms with van der Waals surface area (Å²) in [5.41, 5.74) is 0.214. The lowest BCUT2D eigenvalue weighted by molar-refractivity contribution is -0.132. The second-order valence-electron chi connectivity index (χ2n) is 7.51. The molecule has 35 heavy (non-hydrogen) atoms. The molecule has 176 valence electrons. The molecule has 0 aliphatic carbocycles. The highest BCUT2D eigenvalue weighted by Gasteiger charge is 2.49. The van der Waals surface area contributed by atoms with E-state index in [1.165, 1.54) is 47.6 Å². The number of halogens is 1. The van der Waals surface area contributed by atoms with Gasteiger partial charge in [-0.3, -0.25) is 14.5 Å². The molecule has 11 heteroatoms. The molecule has 1 atom stereocenters. The molecule has 1 amide bonds. The first-order valence-electron chi connectivity index (χ1n) is 10.1. The van der Waals surface area contributed by atoms with Crippen LogP contribution >= 0.6 is 22.7 Å². The number of methoxy groups -OCH3 is 1. The molecular formula is C24H15FN2O6S2. The Labute approximate surface area is 205 Å². The molecule has 1 saturated heterocycles. The van der Waals surface area contributed by atoms with Crippen molar-refractivity contribution < 1.29 is 33.7 Å². The van der Waals surface area contributed by atoms with Crippen molar-refractivity contribution in [1.82, 2.24) is 4.98 Å². The molecule has 0 saturated carbocycles. The summed E-state index contributed by atoms with van der Waals surface area (Å²) in [7, 11) is 1.34. The van der Waals surface area contributed by atoms with Gasteiger partial charge in [-0.15, -0.1) is 11.3 Å². The molecule has 1 fully saturated rings. The first-order valence-corrected chi connectivity index (χ1v) is 11.8. The first-order chi connectivity index (χ1) is 16.8. The molecule has 8 nitrogen and oxygen atoms in total. The summed E-state index contributed by atoms with van der Waals surface area (Å²) < 4.78 is 19.8. The highest BCUT2D eigenvalue weighted by Crippen LogP contribution is 2.46. The summed E-state index contributed by atoms with van der Waals surface area (Å²) in [5.74, 6) is -4.09. The van der Waals surface area contributed by atoms with Crippen LogP contribution in [0.5, 0.6) is 5.75 Å². The quantitative estimate of drug-likeness (QED) is 0.224. The summed E-state index contributed by atoms with van der Waals surface area (Å²) in [6.07, 6.45) is 0. The predicted molar refractivity (Wildman–Crippen MR) is 129 cm³/mol. The van der Waals surface area contributed by atoms with Gasteiger partial charge in [0.2, 0.25) is 0 Å². The molecule has 0 spiro atoms. The van der Waals surface area contributed by atoms with E-state index in [4.69, 9.17) is 4.74 Å². The van der Waals surface area contributed by atoms with Gasteiger partial charge in [-0.25, -0.2) is 14.2 Å². The lowest BCUT2D eigenvalue weighted by Crippen LogP contribution is -2.28. The van der Waals surface area contributed by atoms with Crippen molar-refractivity contribution in [3.8, 4) is 5.75 Å². The van der Waals surface area contributed by atoms with Crippen LogP contribution in [0.3, 0.4) is 0 Å². The number of hydrogen-bond acceptors (Lipinski definition) is 8. The minimum atomic E-state index is -1.11. The number of amides is 1. The lowest BCUT2D eigenvalue weighted by Gasteiger charge is -2.21. The molecule has 4 aromatic rings. The van der Waals surface area contributed by atoms with E-state index in [1.807, 2.05) is 0 Å². The predicted octanol–water partition coefficient (Wildman–Crippen LogP) is 4.83. The maximum absolute atomic E-state index is 14.0. The number of thiazole rings is 1. The number of ether oxygens (including phenoxy) is 1. The molecule has 3 heterocycles. The van der Waals surface area contributed by atoms with E-state index < -0.39 is 35.3 Å². The Morgan fingerprint density at radius 3 is 2.63 bits per heavy atom. The number of anilines is 1. The van der Waals surface area contributed by atoms with Crippen molar-refractivity contribution in [3.63, 3.8) is 0 Å². The number of carbonyl (C=O) groups is 3. The number of hydrogen-bond donors (Lipinski definition) is 2. The molecule has 2 aromatic carbocycles. The van der Waals surface area contributed by atoms with Gasteiger partial charge in [-0.2, -0.15) is 0 Å². The number of aromatic carboxylic acids is 1. The van der Waals surface area contributed by atoms with Crippen LogP contribution in [-0.4, -0.2) is 40.0 Å². The Hall–Kier alpha value is -4.09. The SMILES string of the molecule is COc1ccc(F)cc1/C(O)=C1\C(=O)C(=O)N(c2nc3ccc(C(=O)O)cc3s2)C1c1cccs1. The zero-order chi connectivity index (χ0) is 24.9. The fourth-order valence-corrected chi connectivity index (χ4v) is 5.76. The van der Waals surface area contributed by atoms with Gasteiger partial charge in [0.25, 0.3) is 5.78 Å². The maximum Gasteiger partial charge on any atom is 0.335 e. The van der Waals surface area contributed by atoms with Crippen LogP contribution in [0.2, 0.25) is 0 Å². The third-order valence-electron chi connectivity index (χ3n) is 5.50. The van der Waals surface area contributed by atoms with Gasteiger partial charge in [0.15, 0.2) is 5.13 Å². The van der Waals surface area contributed by atoms with Crippen LogP contribution in [0.1, 0.15) is 26.8 Å². The second kappa shape index (κ2) is 8.60. The highest BCUT2D eigenvalue weighted by molar-refractivity contribution is 7.22. The Bertz CT molecular complexity index is 1540. The number of carboxylic acids is 1. The monoisotopic (exact) mass is 510 g/mol. The summed E-state index contributed by atoms with van der Waals surface area (Å²) >= 11 is 2.31. The number of benzene rings is 2. The maximum atomic E-state index is 14.0. The number of thiophene rings is 1. The van der Waals surface area contributed by atoms with Crippen LogP contribution < -0.4 is 9.64 Å². The summed E-state index contributed by atoms with van der Waals surface area (Å²) in [5, 5.41) is 22.4. The molecule has 2 N–H and O–H groups in total. The normalized spacial score (nSPS) is 17.3. The molecule has 1 aliphatic heterocycles.